The van der Waals surface area contributed by atoms with Crippen LogP contribution in [0.15, 0.2) is 0 Å². The Hall–Kier alpha value is -0.530. The van der Waals surface area contributed by atoms with Crippen molar-refractivity contribution in [2.45, 2.75) is 59.0 Å². The molecule has 3 unspecified atom stereocenters. The fourth-order valence-electron chi connectivity index (χ4n) is 2.06. The second-order valence-electron chi connectivity index (χ2n) is 4.38. The number of rotatable bonds is 4. The normalized spacial score (nSPS) is 28.8. The molecule has 0 aromatic heterocycles. The van der Waals surface area contributed by atoms with Gasteiger partial charge in [-0.25, -0.2) is 0 Å². The molecule has 14 heavy (non-hydrogen) atoms. The second-order valence-corrected chi connectivity index (χ2v) is 4.38. The van der Waals surface area contributed by atoms with Gasteiger partial charge in [0, 0.05) is 0 Å². The van der Waals surface area contributed by atoms with Gasteiger partial charge in [0.1, 0.15) is 6.10 Å². The Kier molecular flexibility index (Phi) is 4.43. The zero-order valence-corrected chi connectivity index (χ0v) is 9.58. The summed E-state index contributed by atoms with van der Waals surface area (Å²) in [5.74, 6) is 0.675. The molecule has 0 saturated heterocycles. The molecule has 0 bridgehead atoms. The van der Waals surface area contributed by atoms with Crippen molar-refractivity contribution in [3.8, 4) is 0 Å². The number of carbonyl (C=O) groups is 1. The maximum absolute atomic E-state index is 11.6. The number of ether oxygens (including phenoxy) is 1. The van der Waals surface area contributed by atoms with Crippen molar-refractivity contribution < 1.29 is 9.53 Å². The summed E-state index contributed by atoms with van der Waals surface area (Å²) >= 11 is 0. The van der Waals surface area contributed by atoms with Crippen LogP contribution in [0.25, 0.3) is 0 Å². The summed E-state index contributed by atoms with van der Waals surface area (Å²) in [4.78, 5) is 11.6. The molecule has 3 atom stereocenters. The van der Waals surface area contributed by atoms with Crippen LogP contribution >= 0.6 is 0 Å². The maximum atomic E-state index is 11.6. The Morgan fingerprint density at radius 2 is 2.14 bits per heavy atom. The van der Waals surface area contributed by atoms with E-state index in [1.807, 2.05) is 13.8 Å². The van der Waals surface area contributed by atoms with Crippen molar-refractivity contribution in [3.63, 3.8) is 0 Å². The molecule has 0 radical (unpaired) electrons. The van der Waals surface area contributed by atoms with E-state index in [9.17, 15) is 4.79 Å². The van der Waals surface area contributed by atoms with E-state index in [0.717, 1.165) is 19.3 Å². The molecular formula is C12H22O2. The van der Waals surface area contributed by atoms with Gasteiger partial charge in [-0.3, -0.25) is 4.79 Å². The molecule has 1 aliphatic carbocycles. The molecule has 82 valence electrons. The van der Waals surface area contributed by atoms with Gasteiger partial charge in [-0.15, -0.1) is 0 Å². The van der Waals surface area contributed by atoms with Crippen LogP contribution in [0.1, 0.15) is 52.9 Å². The molecule has 0 spiro atoms. The number of hydrogen-bond donors (Lipinski definition) is 0. The van der Waals surface area contributed by atoms with Gasteiger partial charge in [0.2, 0.25) is 0 Å². The standard InChI is InChI=1S/C12H22O2/c1-4-9(3)12(13)14-11-8-6-7-10(11)5-2/h9-11H,4-8H2,1-3H3. The van der Waals surface area contributed by atoms with Crippen molar-refractivity contribution in [3.05, 3.63) is 0 Å². The van der Waals surface area contributed by atoms with Gasteiger partial charge in [0.15, 0.2) is 0 Å². The molecule has 0 aromatic rings. The quantitative estimate of drug-likeness (QED) is 0.649. The van der Waals surface area contributed by atoms with Gasteiger partial charge in [-0.2, -0.15) is 0 Å². The zero-order valence-electron chi connectivity index (χ0n) is 9.58. The van der Waals surface area contributed by atoms with Crippen molar-refractivity contribution in [1.82, 2.24) is 0 Å². The first-order chi connectivity index (χ1) is 6.69. The van der Waals surface area contributed by atoms with Crippen molar-refractivity contribution >= 4 is 5.97 Å². The van der Waals surface area contributed by atoms with Gasteiger partial charge in [0.25, 0.3) is 0 Å². The van der Waals surface area contributed by atoms with E-state index < -0.39 is 0 Å². The van der Waals surface area contributed by atoms with Crippen LogP contribution < -0.4 is 0 Å². The van der Waals surface area contributed by atoms with Crippen molar-refractivity contribution in [2.24, 2.45) is 11.8 Å². The van der Waals surface area contributed by atoms with E-state index in [0.29, 0.717) is 5.92 Å². The fraction of sp³-hybridized carbons (Fsp3) is 0.917. The number of esters is 1. The highest BCUT2D eigenvalue weighted by Crippen LogP contribution is 2.31. The van der Waals surface area contributed by atoms with Gasteiger partial charge in [-0.05, 0) is 38.0 Å². The van der Waals surface area contributed by atoms with Gasteiger partial charge < -0.3 is 4.74 Å². The molecule has 2 heteroatoms. The average molecular weight is 198 g/mol. The fourth-order valence-corrected chi connectivity index (χ4v) is 2.06. The number of hydrogen-bond acceptors (Lipinski definition) is 2. The Morgan fingerprint density at radius 3 is 2.71 bits per heavy atom. The maximum Gasteiger partial charge on any atom is 0.308 e. The summed E-state index contributed by atoms with van der Waals surface area (Å²) in [6, 6.07) is 0. The van der Waals surface area contributed by atoms with E-state index in [2.05, 4.69) is 6.92 Å². The average Bonchev–Trinajstić information content (AvgIpc) is 2.63. The van der Waals surface area contributed by atoms with Gasteiger partial charge in [0.05, 0.1) is 5.92 Å². The minimum atomic E-state index is -0.00199. The van der Waals surface area contributed by atoms with Crippen LogP contribution in [0.2, 0.25) is 0 Å². The molecule has 1 fully saturated rings. The molecule has 0 heterocycles. The number of carbonyl (C=O) groups excluding carboxylic acids is 1. The van der Waals surface area contributed by atoms with Gasteiger partial charge in [-0.1, -0.05) is 20.8 Å². The molecule has 0 amide bonds. The summed E-state index contributed by atoms with van der Waals surface area (Å²) in [5.41, 5.74) is 0. The van der Waals surface area contributed by atoms with Gasteiger partial charge >= 0.3 is 5.97 Å². The van der Waals surface area contributed by atoms with Crippen LogP contribution in [0, 0.1) is 11.8 Å². The monoisotopic (exact) mass is 198 g/mol. The highest BCUT2D eigenvalue weighted by molar-refractivity contribution is 5.72. The molecule has 0 aliphatic heterocycles. The van der Waals surface area contributed by atoms with E-state index in [4.69, 9.17) is 4.74 Å². The second kappa shape index (κ2) is 5.38. The lowest BCUT2D eigenvalue weighted by Gasteiger charge is -2.20. The first-order valence-corrected chi connectivity index (χ1v) is 5.89. The largest absolute Gasteiger partial charge is 0.462 e. The first-order valence-electron chi connectivity index (χ1n) is 5.89. The predicted octanol–water partition coefficient (Wildman–Crippen LogP) is 3.15. The third-order valence-corrected chi connectivity index (χ3v) is 3.40. The Balaban J connectivity index is 2.39. The van der Waals surface area contributed by atoms with Crippen LogP contribution in [-0.4, -0.2) is 12.1 Å². The summed E-state index contributed by atoms with van der Waals surface area (Å²) in [6.07, 6.45) is 5.74. The van der Waals surface area contributed by atoms with Crippen molar-refractivity contribution in [1.29, 1.82) is 0 Å². The molecule has 1 rings (SSSR count). The molecule has 0 N–H and O–H groups in total. The van der Waals surface area contributed by atoms with Crippen molar-refractivity contribution in [2.75, 3.05) is 0 Å². The summed E-state index contributed by atoms with van der Waals surface area (Å²) in [7, 11) is 0. The lowest BCUT2D eigenvalue weighted by Crippen LogP contribution is -2.25. The SMILES string of the molecule is CCC(C)C(=O)OC1CCCC1CC. The Labute approximate surface area is 87.0 Å². The Morgan fingerprint density at radius 1 is 1.43 bits per heavy atom. The summed E-state index contributed by atoms with van der Waals surface area (Å²) in [6.45, 7) is 6.15. The highest BCUT2D eigenvalue weighted by Gasteiger charge is 2.29. The lowest BCUT2D eigenvalue weighted by molar-refractivity contribution is -0.155. The van der Waals surface area contributed by atoms with Crippen LogP contribution in [0.5, 0.6) is 0 Å². The molecular weight excluding hydrogens is 176 g/mol. The smallest absolute Gasteiger partial charge is 0.308 e. The topological polar surface area (TPSA) is 26.3 Å². The van der Waals surface area contributed by atoms with E-state index in [1.165, 1.54) is 12.8 Å². The minimum absolute atomic E-state index is 0.00199. The first kappa shape index (κ1) is 11.5. The summed E-state index contributed by atoms with van der Waals surface area (Å²) < 4.78 is 5.53. The van der Waals surface area contributed by atoms with Crippen LogP contribution in [0.3, 0.4) is 0 Å². The zero-order chi connectivity index (χ0) is 10.6. The Bertz CT molecular complexity index is 189. The van der Waals surface area contributed by atoms with E-state index in [-0.39, 0.29) is 18.0 Å². The van der Waals surface area contributed by atoms with Crippen LogP contribution in [0.4, 0.5) is 0 Å². The molecule has 1 aliphatic rings. The molecule has 0 aromatic carbocycles. The van der Waals surface area contributed by atoms with E-state index in [1.54, 1.807) is 0 Å². The molecule has 2 nitrogen and oxygen atoms in total. The molecule has 1 saturated carbocycles. The van der Waals surface area contributed by atoms with Crippen LogP contribution in [-0.2, 0) is 9.53 Å². The minimum Gasteiger partial charge on any atom is -0.462 e. The summed E-state index contributed by atoms with van der Waals surface area (Å²) in [5, 5.41) is 0. The van der Waals surface area contributed by atoms with E-state index >= 15 is 0 Å². The lowest BCUT2D eigenvalue weighted by atomic mass is 10.0. The third kappa shape index (κ3) is 2.73. The third-order valence-electron chi connectivity index (χ3n) is 3.40. The predicted molar refractivity (Wildman–Crippen MR) is 57.0 cm³/mol. The highest BCUT2D eigenvalue weighted by atomic mass is 16.5.